The molecule has 1 aliphatic carbocycles. The van der Waals surface area contributed by atoms with Crippen molar-refractivity contribution in [2.45, 2.75) is 0 Å². The molecule has 0 spiro atoms. The van der Waals surface area contributed by atoms with Crippen LogP contribution in [-0.4, -0.2) is 40.1 Å². The minimum Gasteiger partial charge on any atom is -0.506 e. The van der Waals surface area contributed by atoms with Crippen LogP contribution in [-0.2, 0) is 16.6 Å². The van der Waals surface area contributed by atoms with Crippen molar-refractivity contribution in [1.82, 2.24) is 0 Å². The van der Waals surface area contributed by atoms with E-state index < -0.39 is 17.7 Å². The third-order valence-electron chi connectivity index (χ3n) is 6.51. The Balaban J connectivity index is 1.59. The van der Waals surface area contributed by atoms with Crippen LogP contribution in [0.25, 0.3) is 22.6 Å². The number of carboxylic acid groups (broad SMARTS) is 2. The van der Waals surface area contributed by atoms with E-state index in [1.54, 1.807) is 72.1 Å². The molecule has 0 fully saturated rings. The van der Waals surface area contributed by atoms with Crippen LogP contribution in [0.15, 0.2) is 89.4 Å². The number of fused-ring (bicyclic) bond motifs is 2. The molecule has 3 N–H and O–H groups in total. The SMILES string of the molecule is CN1C(=CC2=C(O)C(=Cc3cc(C(=O)O)c4ccccc4[n+]3C)C2=O)C=C(C(=O)O)c2ccccc21. The molecule has 0 saturated carbocycles. The Kier molecular flexibility index (Phi) is 5.29. The highest BCUT2D eigenvalue weighted by molar-refractivity contribution is 6.24. The lowest BCUT2D eigenvalue weighted by Gasteiger charge is -2.29. The quantitative estimate of drug-likeness (QED) is 0.385. The van der Waals surface area contributed by atoms with Crippen LogP contribution in [0.2, 0.25) is 0 Å². The smallest absolute Gasteiger partial charge is 0.336 e. The summed E-state index contributed by atoms with van der Waals surface area (Å²) in [6.07, 6.45) is 4.37. The molecule has 3 aromatic rings. The summed E-state index contributed by atoms with van der Waals surface area (Å²) in [7, 11) is 3.50. The van der Waals surface area contributed by atoms with E-state index in [0.717, 1.165) is 0 Å². The summed E-state index contributed by atoms with van der Waals surface area (Å²) in [6, 6.07) is 15.5. The van der Waals surface area contributed by atoms with Crippen LogP contribution >= 0.6 is 0 Å². The highest BCUT2D eigenvalue weighted by atomic mass is 16.4. The van der Waals surface area contributed by atoms with E-state index >= 15 is 0 Å². The molecule has 1 aromatic heterocycles. The van der Waals surface area contributed by atoms with Gasteiger partial charge in [0.1, 0.15) is 12.8 Å². The van der Waals surface area contributed by atoms with E-state index in [1.165, 1.54) is 24.3 Å². The average molecular weight is 481 g/mol. The molecular formula is C28H21N2O6+. The number of allylic oxidation sites excluding steroid dienone is 4. The molecule has 2 heterocycles. The summed E-state index contributed by atoms with van der Waals surface area (Å²) in [4.78, 5) is 38.4. The van der Waals surface area contributed by atoms with Gasteiger partial charge in [0.05, 0.1) is 27.7 Å². The highest BCUT2D eigenvalue weighted by Crippen LogP contribution is 2.38. The van der Waals surface area contributed by atoms with E-state index in [9.17, 15) is 29.7 Å². The number of likely N-dealkylation sites (N-methyl/N-ethyl adjacent to an activating group) is 1. The summed E-state index contributed by atoms with van der Waals surface area (Å²) >= 11 is 0. The first-order chi connectivity index (χ1) is 17.2. The van der Waals surface area contributed by atoms with Crippen molar-refractivity contribution in [3.05, 3.63) is 106 Å². The number of aromatic nitrogens is 1. The Labute approximate surface area is 205 Å². The number of rotatable bonds is 4. The molecule has 0 saturated heterocycles. The van der Waals surface area contributed by atoms with Gasteiger partial charge in [0.15, 0.2) is 0 Å². The highest BCUT2D eigenvalue weighted by Gasteiger charge is 2.35. The second-order valence-electron chi connectivity index (χ2n) is 8.52. The molecule has 0 amide bonds. The predicted molar refractivity (Wildman–Crippen MR) is 133 cm³/mol. The molecule has 0 bridgehead atoms. The van der Waals surface area contributed by atoms with Gasteiger partial charge < -0.3 is 20.2 Å². The van der Waals surface area contributed by atoms with Gasteiger partial charge in [-0.2, -0.15) is 4.57 Å². The first kappa shape index (κ1) is 22.8. The molecule has 2 aromatic carbocycles. The number of aromatic carboxylic acids is 1. The van der Waals surface area contributed by atoms with Crippen LogP contribution < -0.4 is 9.47 Å². The number of aliphatic hydroxyl groups is 1. The number of aliphatic hydroxyl groups excluding tert-OH is 1. The normalized spacial score (nSPS) is 17.3. The number of aryl methyl sites for hydroxylation is 1. The largest absolute Gasteiger partial charge is 0.506 e. The molecular weight excluding hydrogens is 460 g/mol. The molecule has 8 heteroatoms. The maximum Gasteiger partial charge on any atom is 0.336 e. The number of pyridine rings is 1. The fourth-order valence-electron chi connectivity index (χ4n) is 4.55. The molecule has 36 heavy (non-hydrogen) atoms. The summed E-state index contributed by atoms with van der Waals surface area (Å²) < 4.78 is 1.75. The number of benzene rings is 2. The fourth-order valence-corrected chi connectivity index (χ4v) is 4.55. The third kappa shape index (κ3) is 3.47. The molecule has 5 rings (SSSR count). The van der Waals surface area contributed by atoms with Crippen molar-refractivity contribution in [3.63, 3.8) is 0 Å². The minimum atomic E-state index is -1.10. The molecule has 1 aliphatic heterocycles. The van der Waals surface area contributed by atoms with Crippen molar-refractivity contribution in [1.29, 1.82) is 0 Å². The standard InChI is InChI=1S/C28H20N2O6/c1-29-15(11-19(27(33)34)17-7-3-5-9-23(17)29)13-21-25(31)22(26(21)32)14-16-12-20(28(35)36)18-8-4-6-10-24(18)30(16)2/h3-14H,1-2H3,(H2-,31,32,33,34,35,36)/p+1. The zero-order valence-electron chi connectivity index (χ0n) is 19.4. The maximum atomic E-state index is 13.0. The van der Waals surface area contributed by atoms with Gasteiger partial charge in [-0.25, -0.2) is 9.59 Å². The zero-order chi connectivity index (χ0) is 25.7. The monoisotopic (exact) mass is 481 g/mol. The molecule has 2 aliphatic rings. The lowest BCUT2D eigenvalue weighted by molar-refractivity contribution is -0.646. The third-order valence-corrected chi connectivity index (χ3v) is 6.51. The van der Waals surface area contributed by atoms with E-state index in [1.807, 2.05) is 0 Å². The Bertz CT molecular complexity index is 1640. The molecule has 178 valence electrons. The predicted octanol–water partition coefficient (Wildman–Crippen LogP) is 3.64. The number of Topliss-reactive ketones (excluding diaryl/α,β-unsaturated/α-hetero) is 1. The number of carbonyl (C=O) groups is 3. The Morgan fingerprint density at radius 2 is 1.67 bits per heavy atom. The van der Waals surface area contributed by atoms with Crippen molar-refractivity contribution >= 4 is 46.0 Å². The van der Waals surface area contributed by atoms with Crippen LogP contribution in [0.4, 0.5) is 5.69 Å². The molecule has 0 atom stereocenters. The van der Waals surface area contributed by atoms with Crippen molar-refractivity contribution < 1.29 is 34.3 Å². The van der Waals surface area contributed by atoms with Gasteiger partial charge >= 0.3 is 11.9 Å². The number of hydrogen-bond donors (Lipinski definition) is 3. The molecule has 0 unspecified atom stereocenters. The number of ketones is 1. The van der Waals surface area contributed by atoms with Crippen LogP contribution in [0, 0.1) is 0 Å². The van der Waals surface area contributed by atoms with Crippen molar-refractivity contribution in [2.24, 2.45) is 7.05 Å². The van der Waals surface area contributed by atoms with Crippen molar-refractivity contribution in [2.75, 3.05) is 11.9 Å². The molecule has 8 nitrogen and oxygen atoms in total. The van der Waals surface area contributed by atoms with E-state index in [0.29, 0.717) is 33.5 Å². The summed E-state index contributed by atoms with van der Waals surface area (Å²) in [5.74, 6) is -2.87. The Morgan fingerprint density at radius 3 is 2.36 bits per heavy atom. The van der Waals surface area contributed by atoms with Gasteiger partial charge in [0, 0.05) is 42.2 Å². The first-order valence-electron chi connectivity index (χ1n) is 11.0. The van der Waals surface area contributed by atoms with E-state index in [2.05, 4.69) is 0 Å². The van der Waals surface area contributed by atoms with Crippen LogP contribution in [0.5, 0.6) is 0 Å². The number of anilines is 1. The zero-order valence-corrected chi connectivity index (χ0v) is 19.4. The summed E-state index contributed by atoms with van der Waals surface area (Å²) in [5, 5.41) is 30.6. The van der Waals surface area contributed by atoms with Crippen LogP contribution in [0.3, 0.4) is 0 Å². The van der Waals surface area contributed by atoms with Gasteiger partial charge in [0.2, 0.25) is 17.0 Å². The van der Waals surface area contributed by atoms with Gasteiger partial charge in [-0.3, -0.25) is 4.79 Å². The molecule has 0 radical (unpaired) electrons. The van der Waals surface area contributed by atoms with Gasteiger partial charge in [-0.15, -0.1) is 0 Å². The summed E-state index contributed by atoms with van der Waals surface area (Å²) in [6.45, 7) is 0. The average Bonchev–Trinajstić information content (AvgIpc) is 2.87. The second-order valence-corrected chi connectivity index (χ2v) is 8.52. The summed E-state index contributed by atoms with van der Waals surface area (Å²) in [5.41, 5.74) is 3.02. The number of hydrogen-bond acceptors (Lipinski definition) is 5. The topological polar surface area (TPSA) is 119 Å². The van der Waals surface area contributed by atoms with Crippen LogP contribution in [0.1, 0.15) is 21.6 Å². The Morgan fingerprint density at radius 1 is 0.972 bits per heavy atom. The van der Waals surface area contributed by atoms with Gasteiger partial charge in [-0.05, 0) is 24.3 Å². The number of carboxylic acids is 2. The number of aliphatic carboxylic acids is 1. The van der Waals surface area contributed by atoms with E-state index in [-0.39, 0.29) is 28.0 Å². The maximum absolute atomic E-state index is 13.0. The van der Waals surface area contributed by atoms with Gasteiger partial charge in [-0.1, -0.05) is 30.3 Å². The number of para-hydroxylation sites is 2. The second kappa shape index (κ2) is 8.35. The Hall–Kier alpha value is -4.98. The number of carbonyl (C=O) groups excluding carboxylic acids is 1. The number of nitrogens with zero attached hydrogens (tertiary/aromatic N) is 2. The van der Waals surface area contributed by atoms with Crippen molar-refractivity contribution in [3.8, 4) is 0 Å². The van der Waals surface area contributed by atoms with Gasteiger partial charge in [0.25, 0.3) is 0 Å². The van der Waals surface area contributed by atoms with E-state index in [4.69, 9.17) is 0 Å². The minimum absolute atomic E-state index is 0.0466. The fraction of sp³-hybridized carbons (Fsp3) is 0.0714. The lowest BCUT2D eigenvalue weighted by Crippen LogP contribution is -2.34. The first-order valence-corrected chi connectivity index (χ1v) is 11.0. The lowest BCUT2D eigenvalue weighted by atomic mass is 9.85.